The second kappa shape index (κ2) is 5.91. The van der Waals surface area contributed by atoms with Gasteiger partial charge in [0.1, 0.15) is 0 Å². The standard InChI is InChI=1S/C17H27N5O/c1-22-8-4-12(5-9-22)20-16(23)14-10-13-15(19-11-18-13)17(21-14)6-2-3-7-17/h11-12,14,21H,2-10H2,1H3,(H,18,19)(H,20,23)/t14-/m0/s1. The van der Waals surface area contributed by atoms with Crippen LogP contribution >= 0.6 is 0 Å². The monoisotopic (exact) mass is 317 g/mol. The number of nitrogens with one attached hydrogen (secondary N) is 3. The van der Waals surface area contributed by atoms with Crippen molar-refractivity contribution in [2.45, 2.75) is 62.6 Å². The van der Waals surface area contributed by atoms with E-state index in [0.717, 1.165) is 56.6 Å². The van der Waals surface area contributed by atoms with Crippen LogP contribution in [0.1, 0.15) is 49.9 Å². The number of rotatable bonds is 2. The molecule has 0 bridgehead atoms. The molecule has 1 spiro atoms. The van der Waals surface area contributed by atoms with Gasteiger partial charge < -0.3 is 15.2 Å². The molecule has 1 aromatic rings. The summed E-state index contributed by atoms with van der Waals surface area (Å²) < 4.78 is 0. The molecular weight excluding hydrogens is 290 g/mol. The van der Waals surface area contributed by atoms with Gasteiger partial charge in [-0.25, -0.2) is 4.98 Å². The van der Waals surface area contributed by atoms with Crippen LogP contribution in [0.4, 0.5) is 0 Å². The molecule has 1 saturated heterocycles. The van der Waals surface area contributed by atoms with E-state index in [9.17, 15) is 4.79 Å². The van der Waals surface area contributed by atoms with E-state index < -0.39 is 0 Å². The molecule has 0 aromatic carbocycles. The minimum Gasteiger partial charge on any atom is -0.352 e. The average Bonchev–Trinajstić information content (AvgIpc) is 3.19. The molecule has 0 unspecified atom stereocenters. The first kappa shape index (κ1) is 15.1. The van der Waals surface area contributed by atoms with Crippen molar-refractivity contribution >= 4 is 5.91 Å². The molecule has 2 fully saturated rings. The molecule has 0 radical (unpaired) electrons. The van der Waals surface area contributed by atoms with Crippen molar-refractivity contribution in [3.8, 4) is 0 Å². The number of likely N-dealkylation sites (tertiary alicyclic amines) is 1. The Labute approximate surface area is 137 Å². The zero-order valence-electron chi connectivity index (χ0n) is 13.9. The Hall–Kier alpha value is -1.40. The maximum Gasteiger partial charge on any atom is 0.237 e. The molecule has 1 saturated carbocycles. The fraction of sp³-hybridized carbons (Fsp3) is 0.765. The van der Waals surface area contributed by atoms with Gasteiger partial charge >= 0.3 is 0 Å². The molecule has 3 heterocycles. The van der Waals surface area contributed by atoms with Crippen LogP contribution < -0.4 is 10.6 Å². The molecule has 1 atom stereocenters. The van der Waals surface area contributed by atoms with Gasteiger partial charge in [-0.2, -0.15) is 0 Å². The number of imidazole rings is 1. The summed E-state index contributed by atoms with van der Waals surface area (Å²) in [5, 5.41) is 6.94. The van der Waals surface area contributed by atoms with Crippen molar-refractivity contribution in [3.05, 3.63) is 17.7 Å². The number of aromatic nitrogens is 2. The molecule has 6 nitrogen and oxygen atoms in total. The normalized spacial score (nSPS) is 28.0. The Morgan fingerprint density at radius 2 is 2.09 bits per heavy atom. The summed E-state index contributed by atoms with van der Waals surface area (Å²) in [7, 11) is 2.14. The highest BCUT2D eigenvalue weighted by atomic mass is 16.2. The number of amides is 1. The number of hydrogen-bond donors (Lipinski definition) is 3. The fourth-order valence-electron chi connectivity index (χ4n) is 4.52. The molecule has 6 heteroatoms. The van der Waals surface area contributed by atoms with E-state index in [1.54, 1.807) is 6.33 Å². The quantitative estimate of drug-likeness (QED) is 0.758. The highest BCUT2D eigenvalue weighted by molar-refractivity contribution is 5.83. The summed E-state index contributed by atoms with van der Waals surface area (Å²) in [4.78, 5) is 22.9. The highest BCUT2D eigenvalue weighted by Gasteiger charge is 2.45. The third kappa shape index (κ3) is 2.78. The van der Waals surface area contributed by atoms with E-state index in [1.165, 1.54) is 12.8 Å². The summed E-state index contributed by atoms with van der Waals surface area (Å²) in [6, 6.07) is 0.184. The average molecular weight is 317 g/mol. The number of fused-ring (bicyclic) bond motifs is 2. The van der Waals surface area contributed by atoms with Gasteiger partial charge in [0, 0.05) is 18.2 Å². The van der Waals surface area contributed by atoms with E-state index in [0.29, 0.717) is 6.04 Å². The minimum absolute atomic E-state index is 0.0810. The maximum atomic E-state index is 12.8. The van der Waals surface area contributed by atoms with Crippen LogP contribution in [0.5, 0.6) is 0 Å². The second-order valence-corrected chi connectivity index (χ2v) is 7.51. The van der Waals surface area contributed by atoms with Gasteiger partial charge in [-0.05, 0) is 45.8 Å². The Morgan fingerprint density at radius 1 is 1.35 bits per heavy atom. The van der Waals surface area contributed by atoms with Crippen molar-refractivity contribution in [1.29, 1.82) is 0 Å². The molecule has 3 aliphatic rings. The van der Waals surface area contributed by atoms with Crippen LogP contribution in [0.15, 0.2) is 6.33 Å². The Balaban J connectivity index is 1.46. The van der Waals surface area contributed by atoms with Crippen LogP contribution in [0.2, 0.25) is 0 Å². The van der Waals surface area contributed by atoms with Crippen molar-refractivity contribution in [1.82, 2.24) is 25.5 Å². The predicted molar refractivity (Wildman–Crippen MR) is 88.0 cm³/mol. The predicted octanol–water partition coefficient (Wildman–Crippen LogP) is 0.904. The van der Waals surface area contributed by atoms with Gasteiger partial charge in [-0.1, -0.05) is 12.8 Å². The minimum atomic E-state index is -0.138. The number of nitrogens with zero attached hydrogens (tertiary/aromatic N) is 2. The zero-order chi connectivity index (χ0) is 15.9. The largest absolute Gasteiger partial charge is 0.352 e. The molecule has 23 heavy (non-hydrogen) atoms. The van der Waals surface area contributed by atoms with Crippen molar-refractivity contribution in [3.63, 3.8) is 0 Å². The maximum absolute atomic E-state index is 12.8. The Morgan fingerprint density at radius 3 is 2.83 bits per heavy atom. The summed E-state index contributed by atoms with van der Waals surface area (Å²) in [5.74, 6) is 0.158. The van der Waals surface area contributed by atoms with Gasteiger partial charge in [0.25, 0.3) is 0 Å². The molecule has 2 aliphatic heterocycles. The number of aromatic amines is 1. The lowest BCUT2D eigenvalue weighted by Crippen LogP contribution is -2.59. The molecule has 1 aliphatic carbocycles. The van der Waals surface area contributed by atoms with Crippen LogP contribution in [0.3, 0.4) is 0 Å². The lowest BCUT2D eigenvalue weighted by atomic mass is 9.84. The Kier molecular flexibility index (Phi) is 3.89. The lowest BCUT2D eigenvalue weighted by Gasteiger charge is -2.39. The van der Waals surface area contributed by atoms with Crippen molar-refractivity contribution < 1.29 is 4.79 Å². The SMILES string of the molecule is CN1CCC(NC(=O)[C@@H]2Cc3[nH]cnc3C3(CCCC3)N2)CC1. The van der Waals surface area contributed by atoms with Crippen molar-refractivity contribution in [2.75, 3.05) is 20.1 Å². The van der Waals surface area contributed by atoms with Gasteiger partial charge in [0.05, 0.1) is 23.6 Å². The van der Waals surface area contributed by atoms with Crippen LogP contribution in [0, 0.1) is 0 Å². The first-order valence-corrected chi connectivity index (χ1v) is 8.96. The van der Waals surface area contributed by atoms with Gasteiger partial charge in [0.15, 0.2) is 0 Å². The zero-order valence-corrected chi connectivity index (χ0v) is 13.9. The number of carbonyl (C=O) groups is 1. The first-order valence-electron chi connectivity index (χ1n) is 8.96. The van der Waals surface area contributed by atoms with Crippen LogP contribution in [-0.4, -0.2) is 53.0 Å². The fourth-order valence-corrected chi connectivity index (χ4v) is 4.52. The summed E-state index contributed by atoms with van der Waals surface area (Å²) in [6.07, 6.45) is 9.20. The molecular formula is C17H27N5O. The molecule has 126 valence electrons. The first-order chi connectivity index (χ1) is 11.2. The van der Waals surface area contributed by atoms with Gasteiger partial charge in [0.2, 0.25) is 5.91 Å². The second-order valence-electron chi connectivity index (χ2n) is 7.51. The summed E-state index contributed by atoms with van der Waals surface area (Å²) in [6.45, 7) is 2.13. The number of piperidine rings is 1. The topological polar surface area (TPSA) is 73.0 Å². The molecule has 3 N–H and O–H groups in total. The van der Waals surface area contributed by atoms with Crippen LogP contribution in [-0.2, 0) is 16.8 Å². The molecule has 4 rings (SSSR count). The third-order valence-electron chi connectivity index (χ3n) is 5.87. The van der Waals surface area contributed by atoms with E-state index >= 15 is 0 Å². The lowest BCUT2D eigenvalue weighted by molar-refractivity contribution is -0.125. The number of hydrogen-bond acceptors (Lipinski definition) is 4. The third-order valence-corrected chi connectivity index (χ3v) is 5.87. The number of H-pyrrole nitrogens is 1. The van der Waals surface area contributed by atoms with Gasteiger partial charge in [-0.3, -0.25) is 10.1 Å². The highest BCUT2D eigenvalue weighted by Crippen LogP contribution is 2.41. The van der Waals surface area contributed by atoms with Gasteiger partial charge in [-0.15, -0.1) is 0 Å². The van der Waals surface area contributed by atoms with E-state index in [1.807, 2.05) is 0 Å². The summed E-state index contributed by atoms with van der Waals surface area (Å²) >= 11 is 0. The Bertz CT molecular complexity index is 569. The summed E-state index contributed by atoms with van der Waals surface area (Å²) in [5.41, 5.74) is 2.22. The molecule has 1 amide bonds. The smallest absolute Gasteiger partial charge is 0.237 e. The number of carbonyl (C=O) groups excluding carboxylic acids is 1. The van der Waals surface area contributed by atoms with E-state index in [-0.39, 0.29) is 17.5 Å². The van der Waals surface area contributed by atoms with Crippen molar-refractivity contribution in [2.24, 2.45) is 0 Å². The van der Waals surface area contributed by atoms with E-state index in [2.05, 4.69) is 32.5 Å². The van der Waals surface area contributed by atoms with Crippen LogP contribution in [0.25, 0.3) is 0 Å². The molecule has 1 aromatic heterocycles. The van der Waals surface area contributed by atoms with E-state index in [4.69, 9.17) is 0 Å².